The number of carbonyl (C=O) groups excluding carboxylic acids is 2. The summed E-state index contributed by atoms with van der Waals surface area (Å²) in [6.45, 7) is 2.55. The molecule has 0 spiro atoms. The lowest BCUT2D eigenvalue weighted by Gasteiger charge is -2.17. The first-order chi connectivity index (χ1) is 12.0. The number of halogens is 2. The molecule has 25 heavy (non-hydrogen) atoms. The van der Waals surface area contributed by atoms with E-state index in [-0.39, 0.29) is 10.9 Å². The molecule has 0 unspecified atom stereocenters. The summed E-state index contributed by atoms with van der Waals surface area (Å²) >= 11 is 5.92. The fraction of sp³-hybridized carbons (Fsp3) is 0.263. The molecule has 0 bridgehead atoms. The van der Waals surface area contributed by atoms with Gasteiger partial charge in [-0.05, 0) is 48.7 Å². The predicted molar refractivity (Wildman–Crippen MR) is 96.3 cm³/mol. The first kappa shape index (κ1) is 17.4. The minimum absolute atomic E-state index is 0.103. The predicted octanol–water partition coefficient (Wildman–Crippen LogP) is 4.03. The Morgan fingerprint density at radius 1 is 1.28 bits per heavy atom. The molecule has 1 heterocycles. The molecule has 1 aliphatic rings. The average molecular weight is 361 g/mol. The smallest absolute Gasteiger partial charge is 0.239 e. The Labute approximate surface area is 150 Å². The molecule has 0 radical (unpaired) electrons. The van der Waals surface area contributed by atoms with Crippen molar-refractivity contribution in [1.29, 1.82) is 0 Å². The number of aryl methyl sites for hydroxylation is 1. The zero-order valence-electron chi connectivity index (χ0n) is 13.8. The van der Waals surface area contributed by atoms with Crippen LogP contribution in [0, 0.1) is 11.7 Å². The molecule has 0 aliphatic carbocycles. The number of hydrogen-bond donors (Lipinski definition) is 1. The number of benzene rings is 2. The Balaban J connectivity index is 1.71. The lowest BCUT2D eigenvalue weighted by Crippen LogP contribution is -2.33. The van der Waals surface area contributed by atoms with Crippen molar-refractivity contribution in [2.75, 3.05) is 16.8 Å². The molecule has 2 aromatic rings. The van der Waals surface area contributed by atoms with Gasteiger partial charge in [-0.25, -0.2) is 4.39 Å². The van der Waals surface area contributed by atoms with Crippen molar-refractivity contribution in [2.45, 2.75) is 19.8 Å². The summed E-state index contributed by atoms with van der Waals surface area (Å²) in [5, 5.41) is 2.72. The highest BCUT2D eigenvalue weighted by molar-refractivity contribution is 6.33. The Kier molecular flexibility index (Phi) is 5.04. The number of nitrogens with zero attached hydrogens (tertiary/aromatic N) is 1. The van der Waals surface area contributed by atoms with Gasteiger partial charge in [0.15, 0.2) is 0 Å². The van der Waals surface area contributed by atoms with Crippen LogP contribution in [-0.2, 0) is 16.0 Å². The average Bonchev–Trinajstić information content (AvgIpc) is 2.99. The van der Waals surface area contributed by atoms with Gasteiger partial charge < -0.3 is 10.2 Å². The van der Waals surface area contributed by atoms with E-state index in [9.17, 15) is 14.0 Å². The number of anilines is 2. The number of carbonyl (C=O) groups is 2. The second kappa shape index (κ2) is 7.23. The molecule has 2 amide bonds. The molecule has 1 atom stereocenters. The summed E-state index contributed by atoms with van der Waals surface area (Å²) in [6.07, 6.45) is 1.36. The monoisotopic (exact) mass is 360 g/mol. The van der Waals surface area contributed by atoms with Crippen LogP contribution >= 0.6 is 11.6 Å². The van der Waals surface area contributed by atoms with Crippen LogP contribution in [0.5, 0.6) is 0 Å². The highest BCUT2D eigenvalue weighted by atomic mass is 35.5. The molecular weight excluding hydrogens is 343 g/mol. The van der Waals surface area contributed by atoms with Crippen molar-refractivity contribution in [3.63, 3.8) is 0 Å². The lowest BCUT2D eigenvalue weighted by atomic mass is 10.1. The van der Waals surface area contributed by atoms with Crippen LogP contribution in [0.15, 0.2) is 42.5 Å². The third-order valence-corrected chi connectivity index (χ3v) is 4.68. The summed E-state index contributed by atoms with van der Waals surface area (Å²) in [7, 11) is 0. The van der Waals surface area contributed by atoms with Gasteiger partial charge in [-0.15, -0.1) is 0 Å². The molecule has 0 saturated carbocycles. The van der Waals surface area contributed by atoms with Crippen LogP contribution in [-0.4, -0.2) is 18.4 Å². The molecule has 6 heteroatoms. The number of hydrogen-bond acceptors (Lipinski definition) is 2. The van der Waals surface area contributed by atoms with Gasteiger partial charge in [-0.1, -0.05) is 30.7 Å². The highest BCUT2D eigenvalue weighted by Crippen LogP contribution is 2.28. The van der Waals surface area contributed by atoms with Crippen LogP contribution in [0.2, 0.25) is 5.02 Å². The Morgan fingerprint density at radius 3 is 2.64 bits per heavy atom. The van der Waals surface area contributed by atoms with E-state index in [2.05, 4.69) is 12.2 Å². The first-order valence-electron chi connectivity index (χ1n) is 8.16. The third-order valence-electron chi connectivity index (χ3n) is 4.37. The van der Waals surface area contributed by atoms with Crippen LogP contribution in [0.3, 0.4) is 0 Å². The number of rotatable bonds is 4. The molecule has 3 rings (SSSR count). The van der Waals surface area contributed by atoms with Gasteiger partial charge in [-0.2, -0.15) is 0 Å². The third kappa shape index (κ3) is 3.66. The van der Waals surface area contributed by atoms with Crippen LogP contribution in [0.25, 0.3) is 0 Å². The Bertz CT molecular complexity index is 808. The van der Waals surface area contributed by atoms with E-state index in [1.54, 1.807) is 4.90 Å². The van der Waals surface area contributed by atoms with Gasteiger partial charge in [0, 0.05) is 12.2 Å². The van der Waals surface area contributed by atoms with Crippen molar-refractivity contribution in [2.24, 2.45) is 5.92 Å². The minimum atomic E-state index is -0.771. The zero-order chi connectivity index (χ0) is 18.0. The van der Waals surface area contributed by atoms with E-state index in [1.165, 1.54) is 17.7 Å². The van der Waals surface area contributed by atoms with E-state index < -0.39 is 17.6 Å². The second-order valence-corrected chi connectivity index (χ2v) is 6.37. The Morgan fingerprint density at radius 2 is 2.00 bits per heavy atom. The molecular formula is C19H18ClFN2O2. The number of nitrogens with one attached hydrogen (secondary N) is 1. The van der Waals surface area contributed by atoms with E-state index >= 15 is 0 Å². The van der Waals surface area contributed by atoms with Gasteiger partial charge in [-0.3, -0.25) is 9.59 Å². The minimum Gasteiger partial charge on any atom is -0.324 e. The summed E-state index contributed by atoms with van der Waals surface area (Å²) in [4.78, 5) is 26.7. The van der Waals surface area contributed by atoms with Gasteiger partial charge in [0.2, 0.25) is 11.8 Å². The summed E-state index contributed by atoms with van der Waals surface area (Å²) in [6, 6.07) is 11.5. The maximum absolute atomic E-state index is 13.1. The van der Waals surface area contributed by atoms with Gasteiger partial charge in [0.05, 0.1) is 10.7 Å². The fourth-order valence-corrected chi connectivity index (χ4v) is 3.12. The van der Waals surface area contributed by atoms with Crippen LogP contribution in [0.4, 0.5) is 15.8 Å². The molecule has 1 N–H and O–H groups in total. The molecule has 1 aliphatic heterocycles. The van der Waals surface area contributed by atoms with Crippen molar-refractivity contribution >= 4 is 34.8 Å². The van der Waals surface area contributed by atoms with Gasteiger partial charge in [0.1, 0.15) is 11.7 Å². The van der Waals surface area contributed by atoms with Gasteiger partial charge in [0.25, 0.3) is 0 Å². The SMILES string of the molecule is CCc1ccc(N2CC[C@H](C(=O)Nc3ccc(F)cc3Cl)C2=O)cc1. The molecule has 4 nitrogen and oxygen atoms in total. The van der Waals surface area contributed by atoms with E-state index in [0.717, 1.165) is 18.2 Å². The van der Waals surface area contributed by atoms with Crippen LogP contribution < -0.4 is 10.2 Å². The topological polar surface area (TPSA) is 49.4 Å². The standard InChI is InChI=1S/C19H18ClFN2O2/c1-2-12-3-6-14(7-4-12)23-10-9-15(19(23)25)18(24)22-17-8-5-13(21)11-16(17)20/h3-8,11,15H,2,9-10H2,1H3,(H,22,24)/t15-/m1/s1. The summed E-state index contributed by atoms with van der Waals surface area (Å²) < 4.78 is 13.1. The van der Waals surface area contributed by atoms with Crippen molar-refractivity contribution in [3.05, 3.63) is 58.9 Å². The highest BCUT2D eigenvalue weighted by Gasteiger charge is 2.37. The van der Waals surface area contributed by atoms with Crippen molar-refractivity contribution in [3.8, 4) is 0 Å². The fourth-order valence-electron chi connectivity index (χ4n) is 2.90. The summed E-state index contributed by atoms with van der Waals surface area (Å²) in [5.74, 6) is -1.92. The summed E-state index contributed by atoms with van der Waals surface area (Å²) in [5.41, 5.74) is 2.28. The largest absolute Gasteiger partial charge is 0.324 e. The van der Waals surface area contributed by atoms with E-state index in [1.807, 2.05) is 24.3 Å². The van der Waals surface area contributed by atoms with Gasteiger partial charge >= 0.3 is 0 Å². The normalized spacial score (nSPS) is 17.0. The van der Waals surface area contributed by atoms with E-state index in [0.29, 0.717) is 18.7 Å². The first-order valence-corrected chi connectivity index (χ1v) is 8.53. The van der Waals surface area contributed by atoms with Crippen molar-refractivity contribution in [1.82, 2.24) is 0 Å². The molecule has 1 fully saturated rings. The number of amides is 2. The molecule has 130 valence electrons. The van der Waals surface area contributed by atoms with Crippen molar-refractivity contribution < 1.29 is 14.0 Å². The van der Waals surface area contributed by atoms with Crippen LogP contribution in [0.1, 0.15) is 18.9 Å². The molecule has 0 aromatic heterocycles. The molecule has 2 aromatic carbocycles. The maximum atomic E-state index is 13.1. The quantitative estimate of drug-likeness (QED) is 0.837. The zero-order valence-corrected chi connectivity index (χ0v) is 14.5. The second-order valence-electron chi connectivity index (χ2n) is 5.96. The van der Waals surface area contributed by atoms with E-state index in [4.69, 9.17) is 11.6 Å². The Hall–Kier alpha value is -2.40. The molecule has 1 saturated heterocycles. The lowest BCUT2D eigenvalue weighted by molar-refractivity contribution is -0.129. The maximum Gasteiger partial charge on any atom is 0.239 e.